The molecule has 9 heterocycles. The van der Waals surface area contributed by atoms with Gasteiger partial charge in [-0.05, 0) is 220 Å². The Labute approximate surface area is 854 Å². The lowest BCUT2D eigenvalue weighted by Crippen LogP contribution is -2.52. The van der Waals surface area contributed by atoms with Crippen LogP contribution in [0.3, 0.4) is 0 Å². The average molecular weight is 2120 g/mol. The lowest BCUT2D eigenvalue weighted by molar-refractivity contribution is -0.138. The Morgan fingerprint density at radius 1 is 0.448 bits per heavy atom. The van der Waals surface area contributed by atoms with Crippen LogP contribution in [0.15, 0.2) is 164 Å². The van der Waals surface area contributed by atoms with Gasteiger partial charge in [-0.15, -0.1) is 0 Å². The van der Waals surface area contributed by atoms with Crippen molar-refractivity contribution in [2.24, 2.45) is 0 Å². The van der Waals surface area contributed by atoms with E-state index in [9.17, 15) is 44.6 Å². The molecule has 6 N–H and O–H groups in total. The number of ether oxygens (including phenoxy) is 4. The number of aryl methyl sites for hydroxylation is 1. The first-order chi connectivity index (χ1) is 68.9. The molecule has 11 aromatic rings. The van der Waals surface area contributed by atoms with Crippen LogP contribution in [-0.2, 0) is 58.8 Å². The SMILES string of the molecule is CCOP(=O)(Cc1ccccc1Nc1nc(Nc2ccc(N3CCC(N4CCN(C)CC4)CC3)cc2OC)ncc1Cl)OCC.COc1cc(N2CCC(N3CCN(C)CC3)CC2)ccc1Nc1ncc(Cl)c(Nc2c(C)cccc2P(C)(C)=O)n1.COc1cc(P(C)(C)=O)ccc1Nc1ncc(C(F)(F)F)c(N(C)C)n1.COc1ccc2c(c1)CN(c1nc(Nc3ccc(P(C)(C)=O)cc3)ncc1C(F)(F)F)CC2. The van der Waals surface area contributed by atoms with E-state index in [0.29, 0.717) is 117 Å². The number of nitrogens with zero attached hydrogens (tertiary/aromatic N) is 16. The highest BCUT2D eigenvalue weighted by Crippen LogP contribution is 2.53. The van der Waals surface area contributed by atoms with E-state index < -0.39 is 52.5 Å². The Morgan fingerprint density at radius 3 is 1.40 bits per heavy atom. The van der Waals surface area contributed by atoms with Crippen molar-refractivity contribution in [3.05, 3.63) is 208 Å². The first-order valence-electron chi connectivity index (χ1n) is 47.8. The van der Waals surface area contributed by atoms with E-state index in [1.54, 1.807) is 135 Å². The lowest BCUT2D eigenvalue weighted by Gasteiger charge is -2.42. The van der Waals surface area contributed by atoms with Gasteiger partial charge in [-0.3, -0.25) is 14.4 Å². The third-order valence-corrected chi connectivity index (χ3v) is 32.8. The smallest absolute Gasteiger partial charge is 0.421 e. The number of hydrogen-bond acceptors (Lipinski definition) is 32. The van der Waals surface area contributed by atoms with Gasteiger partial charge in [0.15, 0.2) is 11.6 Å². The zero-order valence-electron chi connectivity index (χ0n) is 84.8. The number of piperazine rings is 2. The molecule has 0 saturated carbocycles. The molecule has 0 amide bonds. The minimum absolute atomic E-state index is 0.0103. The molecule has 0 radical (unpaired) electrons. The summed E-state index contributed by atoms with van der Waals surface area (Å²) >= 11 is 13.0. The van der Waals surface area contributed by atoms with Gasteiger partial charge in [0, 0.05) is 181 Å². The van der Waals surface area contributed by atoms with Gasteiger partial charge in [-0.25, -0.2) is 19.9 Å². The van der Waals surface area contributed by atoms with Gasteiger partial charge >= 0.3 is 19.9 Å². The summed E-state index contributed by atoms with van der Waals surface area (Å²) in [5.74, 6) is 3.66. The van der Waals surface area contributed by atoms with Crippen LogP contribution in [0.1, 0.15) is 72.9 Å². The molecule has 4 aromatic heterocycles. The number of alkyl halides is 6. The Morgan fingerprint density at radius 2 is 0.917 bits per heavy atom. The quantitative estimate of drug-likeness (QED) is 0.0174. The molecule has 0 unspecified atom stereocenters. The molecule has 4 fully saturated rings. The molecule has 0 spiro atoms. The minimum atomic E-state index is -4.59. The van der Waals surface area contributed by atoms with Crippen molar-refractivity contribution < 1.29 is 72.6 Å². The van der Waals surface area contributed by atoms with E-state index in [2.05, 4.69) is 140 Å². The van der Waals surface area contributed by atoms with Crippen LogP contribution in [0, 0.1) is 6.92 Å². The van der Waals surface area contributed by atoms with Crippen LogP contribution in [0.4, 0.5) is 119 Å². The molecule has 5 aliphatic heterocycles. The summed E-state index contributed by atoms with van der Waals surface area (Å²) in [6.45, 7) is 30.4. The summed E-state index contributed by atoms with van der Waals surface area (Å²) in [7, 11) is 2.96. The number of methoxy groups -OCH3 is 4. The maximum absolute atomic E-state index is 13.8. The van der Waals surface area contributed by atoms with Crippen LogP contribution in [0.5, 0.6) is 23.0 Å². The summed E-state index contributed by atoms with van der Waals surface area (Å²) in [6, 6.07) is 44.4. The van der Waals surface area contributed by atoms with Crippen LogP contribution >= 0.6 is 52.2 Å². The molecular weight excluding hydrogens is 1990 g/mol. The zero-order valence-corrected chi connectivity index (χ0v) is 89.9. The number of fused-ring (bicyclic) bond motifs is 1. The summed E-state index contributed by atoms with van der Waals surface area (Å²) in [5, 5.41) is 21.8. The second-order valence-corrected chi connectivity index (χ2v) is 49.7. The van der Waals surface area contributed by atoms with E-state index >= 15 is 0 Å². The largest absolute Gasteiger partial charge is 0.497 e. The number of piperidine rings is 2. The fraction of sp³-hybridized carbons (Fsp3) is 0.426. The van der Waals surface area contributed by atoms with Crippen LogP contribution in [0.2, 0.25) is 10.0 Å². The zero-order chi connectivity index (χ0) is 104. The topological polar surface area (TPSA) is 325 Å². The monoisotopic (exact) mass is 2120 g/mol. The minimum Gasteiger partial charge on any atom is -0.497 e. The number of hydrogen-bond donors (Lipinski definition) is 6. The standard InChI is InChI=1S/C32H45ClN7O4P.C30H41ClN7O2P.C23H24F3N4O2P.C16H20F3N4O2P/c1-5-43-45(41,44-6-2)23-24-9-7-8-10-28(24)35-31-27(33)22-34-32(37-31)36-29-12-11-26(21-30(29)42-4)39-15-13-25(14-16-39)40-19-17-38(3)18-20-40;1-21-7-6-8-27(41(4,5)39)28(21)34-29-24(31)20-32-30(35-29)33-25-10-9-23(19-26(25)40-3)37-13-11-22(12-14-37)38-17-15-36(2)16-18-38;1-32-18-7-4-15-10-11-30(14-16(15)12-18)21-20(23(24,25)26)13-27-22(29-21)28-17-5-8-19(9-6-17)33(2,3)31;1-23(2)14-11(16(17,18)19)9-20-15(22-14)21-12-7-6-10(26(4,5)24)8-13(12)25-3/h7-12,21-22,25H,5-6,13-20,23H2,1-4H3,(H2,34,35,36,37);6-10,19-20,22H,11-18H2,1-5H3,(H2,32,33,34,35);4-9,12-13H,10-11,14H2,1-3H3,(H,27,28,29);6-9H,1-5H3,(H,20,21,22). The van der Waals surface area contributed by atoms with Gasteiger partial charge < -0.3 is 103 Å². The van der Waals surface area contributed by atoms with Crippen molar-refractivity contribution in [2.45, 2.75) is 90.0 Å². The summed E-state index contributed by atoms with van der Waals surface area (Å²) < 4.78 is 164. The predicted octanol–water partition coefficient (Wildman–Crippen LogP) is 20.6. The molecule has 44 heteroatoms. The van der Waals surface area contributed by atoms with Crippen LogP contribution in [0.25, 0.3) is 0 Å². The van der Waals surface area contributed by atoms with Crippen molar-refractivity contribution >= 4 is 161 Å². The molecule has 0 atom stereocenters. The number of nitrogens with one attached hydrogen (secondary N) is 6. The molecule has 0 bridgehead atoms. The lowest BCUT2D eigenvalue weighted by atomic mass is 9.99. The normalized spacial score (nSPS) is 15.6. The molecule has 5 aliphatic rings. The number of halogens is 8. The van der Waals surface area contributed by atoms with Crippen molar-refractivity contribution in [2.75, 3.05) is 246 Å². The average Bonchev–Trinajstić information content (AvgIpc) is 0.778. The van der Waals surface area contributed by atoms with E-state index in [1.165, 1.54) is 64.9 Å². The first-order valence-corrected chi connectivity index (χ1v) is 58.0. The first kappa shape index (κ1) is 111. The maximum atomic E-state index is 13.8. The third-order valence-electron chi connectivity index (χ3n) is 25.6. The van der Waals surface area contributed by atoms with Gasteiger partial charge in [0.2, 0.25) is 23.8 Å². The van der Waals surface area contributed by atoms with Gasteiger partial charge in [-0.2, -0.15) is 46.3 Å². The number of rotatable bonds is 31. The number of para-hydroxylation sites is 2. The predicted molar refractivity (Wildman–Crippen MR) is 573 cm³/mol. The van der Waals surface area contributed by atoms with Crippen LogP contribution < -0.4 is 86.4 Å². The fourth-order valence-electron chi connectivity index (χ4n) is 17.6. The Kier molecular flexibility index (Phi) is 37.7. The Balaban J connectivity index is 0.000000165. The van der Waals surface area contributed by atoms with Crippen molar-refractivity contribution in [1.82, 2.24) is 59.5 Å². The highest BCUT2D eigenvalue weighted by Gasteiger charge is 2.40. The summed E-state index contributed by atoms with van der Waals surface area (Å²) in [6.07, 6.45) is 0.888. The molecule has 16 rings (SSSR count). The number of anilines is 16. The Hall–Kier alpha value is -11.1. The second kappa shape index (κ2) is 49.1. The fourth-order valence-corrected chi connectivity index (χ4v) is 22.5. The number of benzene rings is 7. The van der Waals surface area contributed by atoms with Crippen LogP contribution in [-0.4, -0.2) is 266 Å². The van der Waals surface area contributed by atoms with E-state index in [4.69, 9.17) is 51.2 Å². The van der Waals surface area contributed by atoms with Crippen molar-refractivity contribution in [3.63, 3.8) is 0 Å². The van der Waals surface area contributed by atoms with Crippen molar-refractivity contribution in [3.8, 4) is 23.0 Å². The van der Waals surface area contributed by atoms with E-state index in [0.717, 1.165) is 140 Å². The number of aromatic nitrogens is 8. The molecule has 0 aliphatic carbocycles. The number of likely N-dealkylation sites (N-methyl/N-ethyl adjacent to an activating group) is 2. The Bertz CT molecular complexity index is 6450. The summed E-state index contributed by atoms with van der Waals surface area (Å²) in [4.78, 5) is 51.8. The summed E-state index contributed by atoms with van der Waals surface area (Å²) in [5.41, 5.74) is 8.20. The van der Waals surface area contributed by atoms with E-state index in [1.807, 2.05) is 79.7 Å². The van der Waals surface area contributed by atoms with Gasteiger partial charge in [-0.1, -0.05) is 59.6 Å². The molecule has 32 nitrogen and oxygen atoms in total. The molecule has 4 saturated heterocycles. The second-order valence-electron chi connectivity index (χ2n) is 37.2. The molecule has 780 valence electrons. The van der Waals surface area contributed by atoms with Gasteiger partial charge in [0.05, 0.1) is 83.0 Å². The van der Waals surface area contributed by atoms with Gasteiger partial charge in [0.25, 0.3) is 0 Å². The third kappa shape index (κ3) is 29.9. The molecule has 145 heavy (non-hydrogen) atoms. The molecule has 7 aromatic carbocycles. The molecular formula is C101H130Cl2F6N22O10P4. The maximum Gasteiger partial charge on any atom is 0.421 e. The van der Waals surface area contributed by atoms with E-state index in [-0.39, 0.29) is 36.2 Å². The van der Waals surface area contributed by atoms with Crippen molar-refractivity contribution in [1.29, 1.82) is 0 Å². The van der Waals surface area contributed by atoms with Gasteiger partial charge in [0.1, 0.15) is 77.2 Å². The highest BCUT2D eigenvalue weighted by atomic mass is 35.5. The highest BCUT2D eigenvalue weighted by molar-refractivity contribution is 7.71.